The summed E-state index contributed by atoms with van der Waals surface area (Å²) in [6.07, 6.45) is 0. The number of nitrogens with zero attached hydrogens (tertiary/aromatic N) is 1. The molecule has 9 aromatic rings. The van der Waals surface area contributed by atoms with Crippen LogP contribution in [0.5, 0.6) is 0 Å². The minimum absolute atomic E-state index is 0.0871. The molecule has 0 unspecified atom stereocenters. The molecule has 242 valence electrons. The van der Waals surface area contributed by atoms with E-state index in [1.807, 2.05) is 0 Å². The maximum Gasteiger partial charge on any atom is 0.136 e. The fourth-order valence-electron chi connectivity index (χ4n) is 8.24. The molecule has 0 aliphatic heterocycles. The number of furan rings is 1. The zero-order valence-electron chi connectivity index (χ0n) is 28.6. The molecule has 0 bridgehead atoms. The van der Waals surface area contributed by atoms with Gasteiger partial charge in [0.25, 0.3) is 0 Å². The monoisotopic (exact) mass is 653 g/mol. The van der Waals surface area contributed by atoms with Gasteiger partial charge in [-0.05, 0) is 110 Å². The molecule has 0 atom stereocenters. The Bertz CT molecular complexity index is 2750. The van der Waals surface area contributed by atoms with Crippen LogP contribution < -0.4 is 4.90 Å². The van der Waals surface area contributed by atoms with Crippen molar-refractivity contribution in [3.8, 4) is 33.4 Å². The van der Waals surface area contributed by atoms with Crippen molar-refractivity contribution in [2.75, 3.05) is 4.90 Å². The highest BCUT2D eigenvalue weighted by atomic mass is 16.3. The van der Waals surface area contributed by atoms with Crippen molar-refractivity contribution < 1.29 is 4.42 Å². The van der Waals surface area contributed by atoms with E-state index in [1.165, 1.54) is 49.5 Å². The van der Waals surface area contributed by atoms with E-state index in [2.05, 4.69) is 195 Å². The molecule has 2 nitrogen and oxygen atoms in total. The molecule has 2 heteroatoms. The van der Waals surface area contributed by atoms with Gasteiger partial charge in [0.2, 0.25) is 0 Å². The van der Waals surface area contributed by atoms with Crippen LogP contribution in [0.2, 0.25) is 0 Å². The lowest BCUT2D eigenvalue weighted by Gasteiger charge is -2.28. The zero-order valence-corrected chi connectivity index (χ0v) is 28.6. The molecule has 0 fully saturated rings. The second-order valence-corrected chi connectivity index (χ2v) is 14.2. The van der Waals surface area contributed by atoms with E-state index in [-0.39, 0.29) is 5.41 Å². The molecule has 0 saturated carbocycles. The van der Waals surface area contributed by atoms with Crippen molar-refractivity contribution in [1.82, 2.24) is 0 Å². The first kappa shape index (κ1) is 29.5. The van der Waals surface area contributed by atoms with Crippen LogP contribution in [0, 0.1) is 0 Å². The van der Waals surface area contributed by atoms with Crippen LogP contribution in [0.25, 0.3) is 66.1 Å². The molecule has 10 rings (SSSR count). The van der Waals surface area contributed by atoms with Gasteiger partial charge >= 0.3 is 0 Å². The predicted molar refractivity (Wildman–Crippen MR) is 214 cm³/mol. The van der Waals surface area contributed by atoms with E-state index in [9.17, 15) is 0 Å². The van der Waals surface area contributed by atoms with Gasteiger partial charge in [-0.2, -0.15) is 0 Å². The van der Waals surface area contributed by atoms with Crippen molar-refractivity contribution in [3.05, 3.63) is 187 Å². The lowest BCUT2D eigenvalue weighted by Crippen LogP contribution is -2.16. The van der Waals surface area contributed by atoms with Gasteiger partial charge in [-0.15, -0.1) is 0 Å². The maximum absolute atomic E-state index is 6.41. The fraction of sp³-hybridized carbons (Fsp3) is 0.0612. The third-order valence-electron chi connectivity index (χ3n) is 10.9. The average Bonchev–Trinajstić information content (AvgIpc) is 3.67. The largest absolute Gasteiger partial charge is 0.456 e. The lowest BCUT2D eigenvalue weighted by molar-refractivity contribution is 0.660. The van der Waals surface area contributed by atoms with E-state index in [0.29, 0.717) is 0 Å². The minimum atomic E-state index is -0.0871. The first-order valence-electron chi connectivity index (χ1n) is 17.7. The summed E-state index contributed by atoms with van der Waals surface area (Å²) in [4.78, 5) is 2.38. The highest BCUT2D eigenvalue weighted by Crippen LogP contribution is 2.50. The van der Waals surface area contributed by atoms with Crippen molar-refractivity contribution in [2.24, 2.45) is 0 Å². The van der Waals surface area contributed by atoms with Gasteiger partial charge in [-0.25, -0.2) is 0 Å². The van der Waals surface area contributed by atoms with Gasteiger partial charge in [0.05, 0.1) is 0 Å². The highest BCUT2D eigenvalue weighted by Gasteiger charge is 2.35. The Morgan fingerprint density at radius 3 is 1.80 bits per heavy atom. The van der Waals surface area contributed by atoms with Gasteiger partial charge in [0.1, 0.15) is 11.2 Å². The molecule has 1 aromatic heterocycles. The second-order valence-electron chi connectivity index (χ2n) is 14.2. The normalized spacial score (nSPS) is 13.1. The Morgan fingerprint density at radius 1 is 0.412 bits per heavy atom. The highest BCUT2D eigenvalue weighted by molar-refractivity contribution is 6.19. The zero-order chi connectivity index (χ0) is 34.1. The molecule has 0 N–H and O–H groups in total. The van der Waals surface area contributed by atoms with E-state index in [4.69, 9.17) is 4.42 Å². The summed E-state index contributed by atoms with van der Waals surface area (Å²) in [6.45, 7) is 4.69. The number of benzene rings is 8. The Hall–Kier alpha value is -6.38. The summed E-state index contributed by atoms with van der Waals surface area (Å²) < 4.78 is 6.41. The van der Waals surface area contributed by atoms with Gasteiger partial charge in [-0.3, -0.25) is 0 Å². The molecular formula is C49H35NO. The molecule has 1 heterocycles. The molecule has 8 aromatic carbocycles. The van der Waals surface area contributed by atoms with Gasteiger partial charge in [0, 0.05) is 33.2 Å². The summed E-state index contributed by atoms with van der Waals surface area (Å²) in [5.41, 5.74) is 15.2. The van der Waals surface area contributed by atoms with E-state index < -0.39 is 0 Å². The second kappa shape index (κ2) is 11.3. The maximum atomic E-state index is 6.41. The SMILES string of the molecule is CC1(C)c2ccccc2-c2ccc(N(c3ccc(-c4ccccc4)cc3)c3ccc(-c4ccc5c(c4)oc4ccc6ccccc6c45)cc3)cc21. The smallest absolute Gasteiger partial charge is 0.136 e. The third-order valence-corrected chi connectivity index (χ3v) is 10.9. The standard InChI is InChI=1S/C49H35NO/c1-49(2)44-15-9-8-14-41(44)42-28-26-39(31-45(42)49)50(37-22-16-33(17-23-37)32-10-4-3-5-11-32)38-24-18-34(19-25-38)36-20-27-43-47(30-36)51-46-29-21-35-12-6-7-13-40(35)48(43)46/h3-31H,1-2H3. The van der Waals surface area contributed by atoms with Crippen LogP contribution in [0.4, 0.5) is 17.1 Å². The molecule has 51 heavy (non-hydrogen) atoms. The summed E-state index contributed by atoms with van der Waals surface area (Å²) in [7, 11) is 0. The first-order chi connectivity index (χ1) is 25.0. The van der Waals surface area contributed by atoms with E-state index >= 15 is 0 Å². The molecule has 0 saturated heterocycles. The van der Waals surface area contributed by atoms with Crippen molar-refractivity contribution in [3.63, 3.8) is 0 Å². The van der Waals surface area contributed by atoms with Crippen LogP contribution in [-0.2, 0) is 5.41 Å². The topological polar surface area (TPSA) is 16.4 Å². The number of hydrogen-bond donors (Lipinski definition) is 0. The third kappa shape index (κ3) is 4.71. The van der Waals surface area contributed by atoms with Crippen LogP contribution in [-0.4, -0.2) is 0 Å². The summed E-state index contributed by atoms with van der Waals surface area (Å²) >= 11 is 0. The van der Waals surface area contributed by atoms with Gasteiger partial charge < -0.3 is 9.32 Å². The summed E-state index contributed by atoms with van der Waals surface area (Å²) in [6, 6.07) is 63.6. The van der Waals surface area contributed by atoms with Crippen LogP contribution in [0.15, 0.2) is 180 Å². The predicted octanol–water partition coefficient (Wildman–Crippen LogP) is 13.8. The Labute approximate surface area is 297 Å². The van der Waals surface area contributed by atoms with E-state index in [0.717, 1.165) is 44.7 Å². The Kier molecular flexibility index (Phi) is 6.56. The minimum Gasteiger partial charge on any atom is -0.456 e. The van der Waals surface area contributed by atoms with Gasteiger partial charge in [-0.1, -0.05) is 135 Å². The number of anilines is 3. The van der Waals surface area contributed by atoms with E-state index in [1.54, 1.807) is 0 Å². The van der Waals surface area contributed by atoms with Crippen LogP contribution in [0.1, 0.15) is 25.0 Å². The average molecular weight is 654 g/mol. The first-order valence-corrected chi connectivity index (χ1v) is 17.7. The molecule has 1 aliphatic rings. The summed E-state index contributed by atoms with van der Waals surface area (Å²) in [5.74, 6) is 0. The molecule has 0 amide bonds. The summed E-state index contributed by atoms with van der Waals surface area (Å²) in [5, 5.41) is 4.78. The number of fused-ring (bicyclic) bond motifs is 8. The molecule has 0 spiro atoms. The van der Waals surface area contributed by atoms with Crippen molar-refractivity contribution in [2.45, 2.75) is 19.3 Å². The van der Waals surface area contributed by atoms with Crippen molar-refractivity contribution >= 4 is 49.8 Å². The van der Waals surface area contributed by atoms with Gasteiger partial charge in [0.15, 0.2) is 0 Å². The Balaban J connectivity index is 1.06. The fourth-order valence-corrected chi connectivity index (χ4v) is 8.24. The van der Waals surface area contributed by atoms with Crippen LogP contribution in [0.3, 0.4) is 0 Å². The number of rotatable bonds is 5. The molecule has 1 aliphatic carbocycles. The molecule has 0 radical (unpaired) electrons. The van der Waals surface area contributed by atoms with Crippen molar-refractivity contribution in [1.29, 1.82) is 0 Å². The van der Waals surface area contributed by atoms with Crippen LogP contribution >= 0.6 is 0 Å². The number of hydrogen-bond acceptors (Lipinski definition) is 2. The molecular weight excluding hydrogens is 619 g/mol. The Morgan fingerprint density at radius 2 is 1.02 bits per heavy atom. The lowest BCUT2D eigenvalue weighted by atomic mass is 9.82. The quantitative estimate of drug-likeness (QED) is 0.184.